The molecule has 1 aliphatic rings. The van der Waals surface area contributed by atoms with Crippen molar-refractivity contribution in [2.24, 2.45) is 5.92 Å². The van der Waals surface area contributed by atoms with Crippen molar-refractivity contribution in [2.75, 3.05) is 26.7 Å². The number of fused-ring (bicyclic) bond motifs is 1. The maximum Gasteiger partial charge on any atom is 0.251 e. The molecule has 2 N–H and O–H groups in total. The molecule has 0 radical (unpaired) electrons. The predicted octanol–water partition coefficient (Wildman–Crippen LogP) is 1.63. The van der Waals surface area contributed by atoms with Gasteiger partial charge in [-0.25, -0.2) is 4.98 Å². The van der Waals surface area contributed by atoms with Gasteiger partial charge in [0.15, 0.2) is 0 Å². The molecule has 1 unspecified atom stereocenters. The third-order valence-corrected chi connectivity index (χ3v) is 3.96. The summed E-state index contributed by atoms with van der Waals surface area (Å²) in [5, 5.41) is 3.05. The first-order chi connectivity index (χ1) is 9.72. The van der Waals surface area contributed by atoms with Gasteiger partial charge in [-0.05, 0) is 50.6 Å². The molecule has 20 heavy (non-hydrogen) atoms. The van der Waals surface area contributed by atoms with Crippen molar-refractivity contribution in [2.45, 2.75) is 12.8 Å². The number of aromatic amines is 1. The molecule has 0 saturated carbocycles. The molecule has 1 aromatic heterocycles. The second-order valence-corrected chi connectivity index (χ2v) is 5.61. The lowest BCUT2D eigenvalue weighted by atomic mass is 9.98. The molecule has 1 fully saturated rings. The van der Waals surface area contributed by atoms with E-state index in [1.807, 2.05) is 18.2 Å². The van der Waals surface area contributed by atoms with Crippen LogP contribution in [0.1, 0.15) is 23.2 Å². The first-order valence-corrected chi connectivity index (χ1v) is 7.12. The largest absolute Gasteiger partial charge is 0.352 e. The first-order valence-electron chi connectivity index (χ1n) is 7.12. The van der Waals surface area contributed by atoms with Crippen LogP contribution in [-0.2, 0) is 0 Å². The van der Waals surface area contributed by atoms with Crippen LogP contribution in [-0.4, -0.2) is 47.5 Å². The quantitative estimate of drug-likeness (QED) is 0.893. The van der Waals surface area contributed by atoms with Crippen molar-refractivity contribution >= 4 is 16.9 Å². The number of rotatable bonds is 3. The van der Waals surface area contributed by atoms with Gasteiger partial charge in [0.25, 0.3) is 5.91 Å². The maximum absolute atomic E-state index is 12.2. The molecule has 1 aliphatic heterocycles. The van der Waals surface area contributed by atoms with E-state index in [4.69, 9.17) is 0 Å². The van der Waals surface area contributed by atoms with Crippen molar-refractivity contribution in [3.63, 3.8) is 0 Å². The van der Waals surface area contributed by atoms with Crippen LogP contribution < -0.4 is 5.32 Å². The molecule has 1 saturated heterocycles. The Bertz CT molecular complexity index is 607. The highest BCUT2D eigenvalue weighted by Crippen LogP contribution is 2.15. The summed E-state index contributed by atoms with van der Waals surface area (Å²) in [6.45, 7) is 2.99. The van der Waals surface area contributed by atoms with Gasteiger partial charge in [0.05, 0.1) is 17.4 Å². The molecule has 1 aromatic carbocycles. The molecule has 0 aliphatic carbocycles. The van der Waals surface area contributed by atoms with E-state index in [1.165, 1.54) is 19.4 Å². The van der Waals surface area contributed by atoms with E-state index in [1.54, 1.807) is 6.33 Å². The fourth-order valence-electron chi connectivity index (χ4n) is 2.86. The Labute approximate surface area is 118 Å². The fourth-order valence-corrected chi connectivity index (χ4v) is 2.86. The van der Waals surface area contributed by atoms with Crippen LogP contribution >= 0.6 is 0 Å². The van der Waals surface area contributed by atoms with Gasteiger partial charge in [-0.15, -0.1) is 0 Å². The number of aromatic nitrogens is 2. The second-order valence-electron chi connectivity index (χ2n) is 5.61. The summed E-state index contributed by atoms with van der Waals surface area (Å²) in [7, 11) is 2.14. The summed E-state index contributed by atoms with van der Waals surface area (Å²) >= 11 is 0. The molecular weight excluding hydrogens is 252 g/mol. The average molecular weight is 272 g/mol. The van der Waals surface area contributed by atoms with Gasteiger partial charge < -0.3 is 15.2 Å². The minimum atomic E-state index is -0.00488. The number of hydrogen-bond acceptors (Lipinski definition) is 3. The van der Waals surface area contributed by atoms with E-state index in [0.29, 0.717) is 11.5 Å². The van der Waals surface area contributed by atoms with Crippen LogP contribution in [0.2, 0.25) is 0 Å². The van der Waals surface area contributed by atoms with Crippen molar-refractivity contribution in [1.82, 2.24) is 20.2 Å². The predicted molar refractivity (Wildman–Crippen MR) is 78.6 cm³/mol. The number of piperidine rings is 1. The van der Waals surface area contributed by atoms with Crippen molar-refractivity contribution in [1.29, 1.82) is 0 Å². The van der Waals surface area contributed by atoms with Crippen LogP contribution in [0.15, 0.2) is 24.5 Å². The molecule has 3 rings (SSSR count). The minimum absolute atomic E-state index is 0.00488. The summed E-state index contributed by atoms with van der Waals surface area (Å²) in [5.74, 6) is 0.559. The van der Waals surface area contributed by atoms with Crippen LogP contribution in [0, 0.1) is 5.92 Å². The minimum Gasteiger partial charge on any atom is -0.352 e. The summed E-state index contributed by atoms with van der Waals surface area (Å²) < 4.78 is 0. The highest BCUT2D eigenvalue weighted by molar-refractivity contribution is 5.97. The number of amides is 1. The number of carbonyl (C=O) groups is 1. The Hall–Kier alpha value is -1.88. The van der Waals surface area contributed by atoms with E-state index < -0.39 is 0 Å². The number of benzene rings is 1. The van der Waals surface area contributed by atoms with Crippen molar-refractivity contribution in [3.8, 4) is 0 Å². The van der Waals surface area contributed by atoms with Gasteiger partial charge in [-0.3, -0.25) is 4.79 Å². The molecule has 0 spiro atoms. The smallest absolute Gasteiger partial charge is 0.251 e. The van der Waals surface area contributed by atoms with Gasteiger partial charge in [0.2, 0.25) is 0 Å². The highest BCUT2D eigenvalue weighted by atomic mass is 16.1. The molecule has 0 bridgehead atoms. The average Bonchev–Trinajstić information content (AvgIpc) is 2.92. The summed E-state index contributed by atoms with van der Waals surface area (Å²) in [5.41, 5.74) is 2.47. The number of nitrogens with zero attached hydrogens (tertiary/aromatic N) is 2. The zero-order chi connectivity index (χ0) is 13.9. The van der Waals surface area contributed by atoms with E-state index in [2.05, 4.69) is 27.2 Å². The molecule has 1 amide bonds. The Morgan fingerprint density at radius 2 is 2.45 bits per heavy atom. The summed E-state index contributed by atoms with van der Waals surface area (Å²) in [6, 6.07) is 5.55. The Morgan fingerprint density at radius 1 is 1.55 bits per heavy atom. The molecule has 2 aromatic rings. The molecule has 5 nitrogen and oxygen atoms in total. The number of hydrogen-bond donors (Lipinski definition) is 2. The van der Waals surface area contributed by atoms with E-state index in [0.717, 1.165) is 24.1 Å². The Balaban J connectivity index is 1.60. The number of imidazole rings is 1. The number of H-pyrrole nitrogens is 1. The van der Waals surface area contributed by atoms with Gasteiger partial charge in [-0.1, -0.05) is 0 Å². The van der Waals surface area contributed by atoms with Crippen LogP contribution in [0.5, 0.6) is 0 Å². The first kappa shape index (κ1) is 13.1. The Kier molecular flexibility index (Phi) is 3.69. The van der Waals surface area contributed by atoms with Gasteiger partial charge >= 0.3 is 0 Å². The van der Waals surface area contributed by atoms with E-state index >= 15 is 0 Å². The van der Waals surface area contributed by atoms with Crippen LogP contribution in [0.25, 0.3) is 11.0 Å². The SMILES string of the molecule is CN1CCCC(CNC(=O)c2ccc3nc[nH]c3c2)C1. The van der Waals surface area contributed by atoms with Crippen molar-refractivity contribution in [3.05, 3.63) is 30.1 Å². The fraction of sp³-hybridized carbons (Fsp3) is 0.467. The summed E-state index contributed by atoms with van der Waals surface area (Å²) in [6.07, 6.45) is 4.06. The third kappa shape index (κ3) is 2.82. The van der Waals surface area contributed by atoms with Crippen LogP contribution in [0.4, 0.5) is 0 Å². The number of likely N-dealkylation sites (tertiary alicyclic amines) is 1. The standard InChI is InChI=1S/C15H20N4O/c1-19-6-2-3-11(9-19)8-16-15(20)12-4-5-13-14(7-12)18-10-17-13/h4-5,7,10-11H,2-3,6,8-9H2,1H3,(H,16,20)(H,17,18). The maximum atomic E-state index is 12.2. The lowest BCUT2D eigenvalue weighted by Gasteiger charge is -2.29. The lowest BCUT2D eigenvalue weighted by Crippen LogP contribution is -2.39. The van der Waals surface area contributed by atoms with Gasteiger partial charge in [-0.2, -0.15) is 0 Å². The summed E-state index contributed by atoms with van der Waals surface area (Å²) in [4.78, 5) is 21.7. The topological polar surface area (TPSA) is 61.0 Å². The van der Waals surface area contributed by atoms with Crippen molar-refractivity contribution < 1.29 is 4.79 Å². The molecule has 106 valence electrons. The van der Waals surface area contributed by atoms with Gasteiger partial charge in [0.1, 0.15) is 0 Å². The molecular formula is C15H20N4O. The Morgan fingerprint density at radius 3 is 3.30 bits per heavy atom. The molecule has 2 heterocycles. The number of carbonyl (C=O) groups excluding carboxylic acids is 1. The highest BCUT2D eigenvalue weighted by Gasteiger charge is 2.18. The molecule has 5 heteroatoms. The zero-order valence-corrected chi connectivity index (χ0v) is 11.7. The zero-order valence-electron chi connectivity index (χ0n) is 11.7. The van der Waals surface area contributed by atoms with E-state index in [-0.39, 0.29) is 5.91 Å². The number of nitrogens with one attached hydrogen (secondary N) is 2. The van der Waals surface area contributed by atoms with E-state index in [9.17, 15) is 4.79 Å². The van der Waals surface area contributed by atoms with Gasteiger partial charge in [0, 0.05) is 18.7 Å². The lowest BCUT2D eigenvalue weighted by molar-refractivity contribution is 0.0937. The third-order valence-electron chi connectivity index (χ3n) is 3.96. The monoisotopic (exact) mass is 272 g/mol. The van der Waals surface area contributed by atoms with Crippen LogP contribution in [0.3, 0.4) is 0 Å². The second kappa shape index (κ2) is 5.63. The molecule has 1 atom stereocenters. The normalized spacial score (nSPS) is 20.1.